The van der Waals surface area contributed by atoms with Gasteiger partial charge in [-0.1, -0.05) is 0 Å². The summed E-state index contributed by atoms with van der Waals surface area (Å²) in [6.45, 7) is 1.32. The Labute approximate surface area is 58.6 Å². The van der Waals surface area contributed by atoms with Gasteiger partial charge in [0.15, 0.2) is 0 Å². The standard InChI is InChI=1S/C4H7NO3.ClH/c6-4(7)8-3-1-5-2-3;/h3,5H,1-2H2,(H,6,7);1H. The lowest BCUT2D eigenvalue weighted by Crippen LogP contribution is -2.49. The molecule has 1 fully saturated rings. The lowest BCUT2D eigenvalue weighted by atomic mass is 10.2. The number of nitrogens with one attached hydrogen (secondary N) is 1. The summed E-state index contributed by atoms with van der Waals surface area (Å²) < 4.78 is 4.34. The van der Waals surface area contributed by atoms with Gasteiger partial charge in [0.2, 0.25) is 0 Å². The number of hydrogen-bond acceptors (Lipinski definition) is 3. The van der Waals surface area contributed by atoms with Crippen molar-refractivity contribution in [3.05, 3.63) is 0 Å². The molecule has 0 bridgehead atoms. The lowest BCUT2D eigenvalue weighted by Gasteiger charge is -2.24. The zero-order chi connectivity index (χ0) is 5.98. The van der Waals surface area contributed by atoms with Crippen LogP contribution in [0.4, 0.5) is 4.79 Å². The molecule has 1 aliphatic rings. The number of hydrogen-bond donors (Lipinski definition) is 2. The summed E-state index contributed by atoms with van der Waals surface area (Å²) in [7, 11) is 0. The Kier molecular flexibility index (Phi) is 3.34. The van der Waals surface area contributed by atoms with Gasteiger partial charge in [0, 0.05) is 13.1 Å². The molecule has 5 heteroatoms. The smallest absolute Gasteiger partial charge is 0.450 e. The summed E-state index contributed by atoms with van der Waals surface area (Å²) in [6, 6.07) is 0. The molecule has 0 amide bonds. The Bertz CT molecular complexity index is 104. The molecule has 54 valence electrons. The fraction of sp³-hybridized carbons (Fsp3) is 0.750. The van der Waals surface area contributed by atoms with Gasteiger partial charge in [-0.05, 0) is 0 Å². The summed E-state index contributed by atoms with van der Waals surface area (Å²) in [5.41, 5.74) is 0. The highest BCUT2D eigenvalue weighted by Crippen LogP contribution is 1.96. The van der Waals surface area contributed by atoms with Crippen LogP contribution in [0.15, 0.2) is 0 Å². The molecule has 0 atom stereocenters. The van der Waals surface area contributed by atoms with Crippen LogP contribution < -0.4 is 5.32 Å². The predicted octanol–water partition coefficient (Wildman–Crippen LogP) is 0.0746. The maximum atomic E-state index is 9.75. The minimum Gasteiger partial charge on any atom is -0.450 e. The van der Waals surface area contributed by atoms with E-state index in [1.807, 2.05) is 0 Å². The molecule has 0 unspecified atom stereocenters. The third-order valence-electron chi connectivity index (χ3n) is 1.01. The molecule has 1 heterocycles. The van der Waals surface area contributed by atoms with E-state index in [-0.39, 0.29) is 18.5 Å². The lowest BCUT2D eigenvalue weighted by molar-refractivity contribution is 0.0293. The highest BCUT2D eigenvalue weighted by molar-refractivity contribution is 5.85. The number of ether oxygens (including phenoxy) is 1. The summed E-state index contributed by atoms with van der Waals surface area (Å²) in [5.74, 6) is 0. The zero-order valence-electron chi connectivity index (χ0n) is 4.66. The van der Waals surface area contributed by atoms with Gasteiger partial charge in [-0.3, -0.25) is 0 Å². The normalized spacial score (nSPS) is 17.3. The van der Waals surface area contributed by atoms with E-state index in [1.165, 1.54) is 0 Å². The molecule has 2 N–H and O–H groups in total. The monoisotopic (exact) mass is 153 g/mol. The van der Waals surface area contributed by atoms with Crippen LogP contribution in [-0.2, 0) is 4.74 Å². The molecule has 0 aliphatic carbocycles. The predicted molar refractivity (Wildman–Crippen MR) is 33.0 cm³/mol. The number of carboxylic acid groups (broad SMARTS) is 1. The van der Waals surface area contributed by atoms with Crippen LogP contribution in [0.25, 0.3) is 0 Å². The van der Waals surface area contributed by atoms with Gasteiger partial charge in [-0.15, -0.1) is 12.4 Å². The molecule has 0 saturated carbocycles. The van der Waals surface area contributed by atoms with Crippen molar-refractivity contribution in [2.45, 2.75) is 6.10 Å². The van der Waals surface area contributed by atoms with Gasteiger partial charge in [-0.25, -0.2) is 4.79 Å². The first-order valence-corrected chi connectivity index (χ1v) is 2.39. The highest BCUT2D eigenvalue weighted by atomic mass is 35.5. The van der Waals surface area contributed by atoms with E-state index < -0.39 is 6.16 Å². The molecule has 0 spiro atoms. The summed E-state index contributed by atoms with van der Waals surface area (Å²) >= 11 is 0. The van der Waals surface area contributed by atoms with Crippen molar-refractivity contribution in [2.24, 2.45) is 0 Å². The molecule has 0 aromatic carbocycles. The third kappa shape index (κ3) is 2.53. The van der Waals surface area contributed by atoms with Gasteiger partial charge in [0.1, 0.15) is 6.10 Å². The maximum Gasteiger partial charge on any atom is 0.506 e. The van der Waals surface area contributed by atoms with Crippen molar-refractivity contribution in [1.82, 2.24) is 5.32 Å². The first kappa shape index (κ1) is 8.52. The highest BCUT2D eigenvalue weighted by Gasteiger charge is 2.19. The van der Waals surface area contributed by atoms with E-state index in [1.54, 1.807) is 0 Å². The van der Waals surface area contributed by atoms with Crippen molar-refractivity contribution in [3.63, 3.8) is 0 Å². The molecule has 0 aromatic rings. The van der Waals surface area contributed by atoms with Crippen LogP contribution in [-0.4, -0.2) is 30.5 Å². The average Bonchev–Trinajstić information content (AvgIpc) is 1.55. The van der Waals surface area contributed by atoms with Crippen LogP contribution >= 0.6 is 12.4 Å². The van der Waals surface area contributed by atoms with E-state index >= 15 is 0 Å². The molecule has 1 rings (SSSR count). The number of carbonyl (C=O) groups is 1. The quantitative estimate of drug-likeness (QED) is 0.524. The molecular weight excluding hydrogens is 146 g/mol. The fourth-order valence-corrected chi connectivity index (χ4v) is 0.488. The van der Waals surface area contributed by atoms with E-state index in [0.29, 0.717) is 13.1 Å². The molecule has 0 radical (unpaired) electrons. The average molecular weight is 154 g/mol. The Balaban J connectivity index is 0.000000640. The van der Waals surface area contributed by atoms with E-state index in [9.17, 15) is 4.79 Å². The third-order valence-corrected chi connectivity index (χ3v) is 1.01. The summed E-state index contributed by atoms with van der Waals surface area (Å²) in [5, 5.41) is 10.9. The Hall–Kier alpha value is -0.480. The largest absolute Gasteiger partial charge is 0.506 e. The molecule has 4 nitrogen and oxygen atoms in total. The molecule has 9 heavy (non-hydrogen) atoms. The van der Waals surface area contributed by atoms with Gasteiger partial charge in [0.05, 0.1) is 0 Å². The van der Waals surface area contributed by atoms with Crippen molar-refractivity contribution in [2.75, 3.05) is 13.1 Å². The second-order valence-corrected chi connectivity index (χ2v) is 1.66. The van der Waals surface area contributed by atoms with Crippen molar-refractivity contribution in [1.29, 1.82) is 0 Å². The Morgan fingerprint density at radius 2 is 2.22 bits per heavy atom. The van der Waals surface area contributed by atoms with Crippen LogP contribution in [0.2, 0.25) is 0 Å². The summed E-state index contributed by atoms with van der Waals surface area (Å²) in [6.07, 6.45) is -1.29. The second-order valence-electron chi connectivity index (χ2n) is 1.66. The first-order valence-electron chi connectivity index (χ1n) is 2.39. The molecule has 0 aromatic heterocycles. The minimum absolute atomic E-state index is 0. The van der Waals surface area contributed by atoms with Gasteiger partial charge in [0.25, 0.3) is 0 Å². The van der Waals surface area contributed by atoms with Crippen molar-refractivity contribution < 1.29 is 14.6 Å². The van der Waals surface area contributed by atoms with Crippen molar-refractivity contribution >= 4 is 18.6 Å². The van der Waals surface area contributed by atoms with Gasteiger partial charge >= 0.3 is 6.16 Å². The van der Waals surface area contributed by atoms with Gasteiger partial charge in [-0.2, -0.15) is 0 Å². The van der Waals surface area contributed by atoms with E-state index in [4.69, 9.17) is 5.11 Å². The van der Waals surface area contributed by atoms with Crippen LogP contribution in [0.1, 0.15) is 0 Å². The number of halogens is 1. The van der Waals surface area contributed by atoms with E-state index in [2.05, 4.69) is 10.1 Å². The maximum absolute atomic E-state index is 9.75. The van der Waals surface area contributed by atoms with Crippen LogP contribution in [0.3, 0.4) is 0 Å². The van der Waals surface area contributed by atoms with Crippen LogP contribution in [0.5, 0.6) is 0 Å². The minimum atomic E-state index is -1.18. The first-order chi connectivity index (χ1) is 3.79. The second kappa shape index (κ2) is 3.53. The van der Waals surface area contributed by atoms with Gasteiger partial charge < -0.3 is 15.2 Å². The zero-order valence-corrected chi connectivity index (χ0v) is 5.48. The summed E-state index contributed by atoms with van der Waals surface area (Å²) in [4.78, 5) is 9.75. The Morgan fingerprint density at radius 1 is 1.67 bits per heavy atom. The molecule has 1 saturated heterocycles. The van der Waals surface area contributed by atoms with Crippen molar-refractivity contribution in [3.8, 4) is 0 Å². The Morgan fingerprint density at radius 3 is 2.33 bits per heavy atom. The number of rotatable bonds is 1. The topological polar surface area (TPSA) is 58.6 Å². The SMILES string of the molecule is Cl.O=C(O)OC1CNC1. The van der Waals surface area contributed by atoms with E-state index in [0.717, 1.165) is 0 Å². The molecule has 1 aliphatic heterocycles. The molecular formula is C4H8ClNO3. The van der Waals surface area contributed by atoms with Crippen LogP contribution in [0, 0.1) is 0 Å². The fourth-order valence-electron chi connectivity index (χ4n) is 0.488.